The molecule has 0 fully saturated rings. The van der Waals surface area contributed by atoms with Crippen molar-refractivity contribution in [3.05, 3.63) is 58.9 Å². The third kappa shape index (κ3) is 4.98. The fourth-order valence-electron chi connectivity index (χ4n) is 2.93. The quantitative estimate of drug-likeness (QED) is 0.436. The lowest BCUT2D eigenvalue weighted by atomic mass is 10.2. The van der Waals surface area contributed by atoms with Crippen LogP contribution in [0.3, 0.4) is 0 Å². The molecule has 6 nitrogen and oxygen atoms in total. The smallest absolute Gasteiger partial charge is 0.262 e. The Bertz CT molecular complexity index is 1050. The number of carbonyl (C=O) groups is 1. The summed E-state index contributed by atoms with van der Waals surface area (Å²) in [5.74, 6) is 0.768. The number of hydrogen-bond donors (Lipinski definition) is 1. The summed E-state index contributed by atoms with van der Waals surface area (Å²) in [5.41, 5.74) is 1.27. The van der Waals surface area contributed by atoms with Gasteiger partial charge in [-0.15, -0.1) is 0 Å². The molecule has 29 heavy (non-hydrogen) atoms. The van der Waals surface area contributed by atoms with Crippen molar-refractivity contribution in [2.24, 2.45) is 0 Å². The maximum Gasteiger partial charge on any atom is 0.262 e. The van der Waals surface area contributed by atoms with Gasteiger partial charge in [-0.1, -0.05) is 30.8 Å². The second kappa shape index (κ2) is 9.60. The molecule has 0 aliphatic heterocycles. The molecular formula is C22H25N3O3S. The average Bonchev–Trinajstić information content (AvgIpc) is 2.73. The summed E-state index contributed by atoms with van der Waals surface area (Å²) in [6.07, 6.45) is 0.797. The van der Waals surface area contributed by atoms with E-state index in [1.807, 2.05) is 51.1 Å². The van der Waals surface area contributed by atoms with Crippen LogP contribution >= 0.6 is 11.8 Å². The first-order valence-corrected chi connectivity index (χ1v) is 10.7. The first kappa shape index (κ1) is 20.9. The molecule has 1 N–H and O–H groups in total. The Kier molecular flexibility index (Phi) is 6.93. The van der Waals surface area contributed by atoms with E-state index in [1.165, 1.54) is 11.8 Å². The lowest BCUT2D eigenvalue weighted by Crippen LogP contribution is -2.26. The number of ether oxygens (including phenoxy) is 1. The molecule has 2 aromatic carbocycles. The summed E-state index contributed by atoms with van der Waals surface area (Å²) in [7, 11) is 0. The van der Waals surface area contributed by atoms with Crippen LogP contribution in [0, 0.1) is 0 Å². The van der Waals surface area contributed by atoms with Gasteiger partial charge < -0.3 is 10.1 Å². The van der Waals surface area contributed by atoms with Crippen molar-refractivity contribution in [3.8, 4) is 5.75 Å². The summed E-state index contributed by atoms with van der Waals surface area (Å²) >= 11 is 1.27. The highest BCUT2D eigenvalue weighted by atomic mass is 32.2. The summed E-state index contributed by atoms with van der Waals surface area (Å²) < 4.78 is 7.10. The molecule has 1 amide bonds. The summed E-state index contributed by atoms with van der Waals surface area (Å²) in [6, 6.07) is 14.5. The Balaban J connectivity index is 1.77. The van der Waals surface area contributed by atoms with Gasteiger partial charge >= 0.3 is 0 Å². The number of para-hydroxylation sites is 1. The van der Waals surface area contributed by atoms with Gasteiger partial charge in [0.25, 0.3) is 5.56 Å². The van der Waals surface area contributed by atoms with Crippen molar-refractivity contribution in [2.75, 3.05) is 17.7 Å². The zero-order valence-corrected chi connectivity index (χ0v) is 17.7. The van der Waals surface area contributed by atoms with Crippen LogP contribution in [0.1, 0.15) is 33.2 Å². The van der Waals surface area contributed by atoms with Gasteiger partial charge in [0, 0.05) is 11.7 Å². The molecule has 1 heterocycles. The Labute approximate surface area is 174 Å². The normalized spacial score (nSPS) is 12.0. The maximum atomic E-state index is 13.0. The minimum atomic E-state index is -0.155. The van der Waals surface area contributed by atoms with Crippen molar-refractivity contribution in [2.45, 2.75) is 38.4 Å². The number of amides is 1. The van der Waals surface area contributed by atoms with E-state index >= 15 is 0 Å². The van der Waals surface area contributed by atoms with Crippen molar-refractivity contribution in [3.63, 3.8) is 0 Å². The molecule has 1 aromatic heterocycles. The van der Waals surface area contributed by atoms with Crippen LogP contribution in [0.25, 0.3) is 10.9 Å². The maximum absolute atomic E-state index is 13.0. The van der Waals surface area contributed by atoms with Crippen molar-refractivity contribution < 1.29 is 9.53 Å². The van der Waals surface area contributed by atoms with E-state index in [0.29, 0.717) is 28.4 Å². The van der Waals surface area contributed by atoms with Crippen molar-refractivity contribution >= 4 is 34.3 Å². The summed E-state index contributed by atoms with van der Waals surface area (Å²) in [5, 5.41) is 4.02. The first-order chi connectivity index (χ1) is 14.0. The standard InChI is InChI=1S/C22H25N3O3S/c1-4-15(3)25-21(27)18-8-6-7-9-19(18)24-22(25)29-14-20(26)23-16-10-12-17(13-11-16)28-5-2/h6-13,15H,4-5,14H2,1-3H3,(H,23,26)/t15-/m0/s1. The molecule has 0 aliphatic carbocycles. The highest BCUT2D eigenvalue weighted by Crippen LogP contribution is 2.23. The third-order valence-electron chi connectivity index (χ3n) is 4.59. The van der Waals surface area contributed by atoms with E-state index < -0.39 is 0 Å². The summed E-state index contributed by atoms with van der Waals surface area (Å²) in [6.45, 7) is 6.53. The molecule has 0 bridgehead atoms. The van der Waals surface area contributed by atoms with E-state index in [0.717, 1.165) is 12.2 Å². The molecule has 0 radical (unpaired) electrons. The number of aromatic nitrogens is 2. The largest absolute Gasteiger partial charge is 0.494 e. The second-order valence-corrected chi connectivity index (χ2v) is 7.58. The zero-order valence-electron chi connectivity index (χ0n) is 16.8. The number of thioether (sulfide) groups is 1. The molecule has 3 rings (SSSR count). The van der Waals surface area contributed by atoms with E-state index in [-0.39, 0.29) is 23.3 Å². The molecule has 7 heteroatoms. The van der Waals surface area contributed by atoms with Gasteiger partial charge in [-0.25, -0.2) is 4.98 Å². The van der Waals surface area contributed by atoms with Crippen molar-refractivity contribution in [1.82, 2.24) is 9.55 Å². The Morgan fingerprint density at radius 1 is 1.17 bits per heavy atom. The molecule has 0 saturated carbocycles. The molecule has 1 atom stereocenters. The van der Waals surface area contributed by atoms with Crippen LogP contribution in [0.5, 0.6) is 5.75 Å². The molecule has 0 spiro atoms. The molecule has 0 aliphatic rings. The number of nitrogens with zero attached hydrogens (tertiary/aromatic N) is 2. The van der Waals surface area contributed by atoms with Crippen LogP contribution in [0.2, 0.25) is 0 Å². The van der Waals surface area contributed by atoms with Gasteiger partial charge in [0.2, 0.25) is 5.91 Å². The SMILES string of the molecule is CCOc1ccc(NC(=O)CSc2nc3ccccc3c(=O)n2[C@@H](C)CC)cc1. The number of carbonyl (C=O) groups excluding carboxylic acids is 1. The lowest BCUT2D eigenvalue weighted by Gasteiger charge is -2.18. The number of anilines is 1. The zero-order chi connectivity index (χ0) is 20.8. The highest BCUT2D eigenvalue weighted by molar-refractivity contribution is 7.99. The Hall–Kier alpha value is -2.80. The molecule has 3 aromatic rings. The fourth-order valence-corrected chi connectivity index (χ4v) is 3.82. The predicted octanol–water partition coefficient (Wildman–Crippen LogP) is 4.50. The predicted molar refractivity (Wildman–Crippen MR) is 118 cm³/mol. The first-order valence-electron chi connectivity index (χ1n) is 9.70. The number of fused-ring (bicyclic) bond motifs is 1. The average molecular weight is 412 g/mol. The minimum absolute atomic E-state index is 0.00345. The third-order valence-corrected chi connectivity index (χ3v) is 5.54. The van der Waals surface area contributed by atoms with E-state index in [9.17, 15) is 9.59 Å². The van der Waals surface area contributed by atoms with Gasteiger partial charge in [0.15, 0.2) is 5.16 Å². The second-order valence-electron chi connectivity index (χ2n) is 6.64. The fraction of sp³-hybridized carbons (Fsp3) is 0.318. The number of rotatable bonds is 8. The van der Waals surface area contributed by atoms with Gasteiger partial charge in [0.05, 0.1) is 23.3 Å². The van der Waals surface area contributed by atoms with Gasteiger partial charge in [0.1, 0.15) is 5.75 Å². The Morgan fingerprint density at radius 2 is 1.90 bits per heavy atom. The topological polar surface area (TPSA) is 73.2 Å². The highest BCUT2D eigenvalue weighted by Gasteiger charge is 2.16. The summed E-state index contributed by atoms with van der Waals surface area (Å²) in [4.78, 5) is 30.0. The van der Waals surface area contributed by atoms with E-state index in [4.69, 9.17) is 4.74 Å². The molecule has 0 saturated heterocycles. The lowest BCUT2D eigenvalue weighted by molar-refractivity contribution is -0.113. The van der Waals surface area contributed by atoms with Crippen LogP contribution in [0.15, 0.2) is 58.5 Å². The molecule has 0 unspecified atom stereocenters. The van der Waals surface area contributed by atoms with E-state index in [2.05, 4.69) is 10.3 Å². The van der Waals surface area contributed by atoms with Crippen LogP contribution < -0.4 is 15.6 Å². The Morgan fingerprint density at radius 3 is 2.59 bits per heavy atom. The number of benzene rings is 2. The van der Waals surface area contributed by atoms with Crippen LogP contribution in [0.4, 0.5) is 5.69 Å². The number of hydrogen-bond acceptors (Lipinski definition) is 5. The number of nitrogens with one attached hydrogen (secondary N) is 1. The molecule has 152 valence electrons. The van der Waals surface area contributed by atoms with Gasteiger partial charge in [-0.05, 0) is 56.7 Å². The van der Waals surface area contributed by atoms with E-state index in [1.54, 1.807) is 22.8 Å². The minimum Gasteiger partial charge on any atom is -0.494 e. The molecular weight excluding hydrogens is 386 g/mol. The van der Waals surface area contributed by atoms with Crippen LogP contribution in [-0.2, 0) is 4.79 Å². The van der Waals surface area contributed by atoms with Gasteiger partial charge in [-0.3, -0.25) is 14.2 Å². The van der Waals surface area contributed by atoms with Crippen molar-refractivity contribution in [1.29, 1.82) is 0 Å². The monoisotopic (exact) mass is 411 g/mol. The van der Waals surface area contributed by atoms with Gasteiger partial charge in [-0.2, -0.15) is 0 Å². The van der Waals surface area contributed by atoms with Crippen LogP contribution in [-0.4, -0.2) is 27.8 Å².